The van der Waals surface area contributed by atoms with Crippen LogP contribution in [0.4, 0.5) is 0 Å². The Balaban J connectivity index is 2.09. The fourth-order valence-corrected chi connectivity index (χ4v) is 11.3. The second-order valence-electron chi connectivity index (χ2n) is 11.2. The van der Waals surface area contributed by atoms with Crippen molar-refractivity contribution in [1.29, 1.82) is 0 Å². The normalized spacial score (nSPS) is 22.1. The summed E-state index contributed by atoms with van der Waals surface area (Å²) in [6.07, 6.45) is 0. The number of hydrogen-bond donors (Lipinski definition) is 0. The molecule has 1 aliphatic carbocycles. The molecule has 1 unspecified atom stereocenters. The first kappa shape index (κ1) is 22.0. The molecule has 3 aromatic rings. The van der Waals surface area contributed by atoms with Crippen molar-refractivity contribution in [2.24, 2.45) is 0 Å². The van der Waals surface area contributed by atoms with Gasteiger partial charge in [-0.25, -0.2) is 0 Å². The van der Waals surface area contributed by atoms with Gasteiger partial charge < -0.3 is 0 Å². The van der Waals surface area contributed by atoms with Crippen LogP contribution in [0.25, 0.3) is 11.1 Å². The zero-order chi connectivity index (χ0) is 22.2. The van der Waals surface area contributed by atoms with Gasteiger partial charge in [-0.3, -0.25) is 0 Å². The molecule has 0 heterocycles. The molecule has 0 aliphatic heterocycles. The molecule has 0 radical (unpaired) electrons. The Morgan fingerprint density at radius 2 is 0.774 bits per heavy atom. The first-order valence-corrected chi connectivity index (χ1v) is 18.7. The van der Waals surface area contributed by atoms with E-state index in [1.807, 2.05) is 0 Å². The Morgan fingerprint density at radius 3 is 1.10 bits per heavy atom. The van der Waals surface area contributed by atoms with Gasteiger partial charge in [0.2, 0.25) is 0 Å². The summed E-state index contributed by atoms with van der Waals surface area (Å²) in [6, 6.07) is 34.0. The van der Waals surface area contributed by atoms with Gasteiger partial charge in [0.1, 0.15) is 0 Å². The van der Waals surface area contributed by atoms with E-state index in [1.165, 1.54) is 16.7 Å². The zero-order valence-corrected chi connectivity index (χ0v) is 21.9. The molecule has 0 saturated heterocycles. The first-order chi connectivity index (χ1) is 14.7. The lowest BCUT2D eigenvalue weighted by atomic mass is 9.92. The lowest BCUT2D eigenvalue weighted by Crippen LogP contribution is -2.37. The maximum atomic E-state index is 2.58. The summed E-state index contributed by atoms with van der Waals surface area (Å²) in [5, 5.41) is 0. The third kappa shape index (κ3) is 4.29. The summed E-state index contributed by atoms with van der Waals surface area (Å²) in [5.41, 5.74) is 8.85. The van der Waals surface area contributed by atoms with Crippen molar-refractivity contribution in [3.63, 3.8) is 0 Å². The standard InChI is InChI=1S/C29H36Si2/c1-30(2,3)28-25(22-16-10-7-11-17-22)26(23-18-12-8-13-19-23)29(31(4,5)6)27(28)24-20-14-9-15-21-24/h7-21,27-29H,1-6H3/t27?,28-,29+. The molecule has 4 rings (SSSR count). The fourth-order valence-electron chi connectivity index (χ4n) is 5.80. The van der Waals surface area contributed by atoms with Crippen molar-refractivity contribution < 1.29 is 0 Å². The molecule has 0 saturated carbocycles. The molecular formula is C29H36Si2. The van der Waals surface area contributed by atoms with Crippen LogP contribution in [0, 0.1) is 0 Å². The zero-order valence-electron chi connectivity index (χ0n) is 19.9. The summed E-state index contributed by atoms with van der Waals surface area (Å²) >= 11 is 0. The molecule has 0 amide bonds. The number of rotatable bonds is 5. The predicted octanol–water partition coefficient (Wildman–Crippen LogP) is 8.81. The van der Waals surface area contributed by atoms with Crippen LogP contribution in [-0.2, 0) is 0 Å². The lowest BCUT2D eigenvalue weighted by Gasteiger charge is -2.39. The average Bonchev–Trinajstić information content (AvgIpc) is 3.13. The Morgan fingerprint density at radius 1 is 0.452 bits per heavy atom. The second-order valence-corrected chi connectivity index (χ2v) is 21.9. The van der Waals surface area contributed by atoms with Gasteiger partial charge >= 0.3 is 0 Å². The Bertz CT molecular complexity index is 971. The smallest absolute Gasteiger partial charge is 0.0529 e. The van der Waals surface area contributed by atoms with Crippen LogP contribution in [0.1, 0.15) is 22.6 Å². The van der Waals surface area contributed by atoms with E-state index in [0.717, 1.165) is 0 Å². The summed E-state index contributed by atoms with van der Waals surface area (Å²) in [4.78, 5) is 0. The van der Waals surface area contributed by atoms with Crippen LogP contribution < -0.4 is 0 Å². The van der Waals surface area contributed by atoms with Crippen molar-refractivity contribution in [3.8, 4) is 0 Å². The van der Waals surface area contributed by atoms with Gasteiger partial charge in [-0.05, 0) is 44.8 Å². The van der Waals surface area contributed by atoms with Gasteiger partial charge in [-0.15, -0.1) is 0 Å². The molecule has 0 spiro atoms. The van der Waals surface area contributed by atoms with Crippen molar-refractivity contribution >= 4 is 27.3 Å². The van der Waals surface area contributed by atoms with Gasteiger partial charge in [0.15, 0.2) is 0 Å². The van der Waals surface area contributed by atoms with Crippen LogP contribution in [0.5, 0.6) is 0 Å². The van der Waals surface area contributed by atoms with E-state index in [0.29, 0.717) is 17.0 Å². The van der Waals surface area contributed by atoms with Crippen LogP contribution in [0.2, 0.25) is 50.4 Å². The van der Waals surface area contributed by atoms with Crippen LogP contribution in [0.15, 0.2) is 91.0 Å². The molecule has 0 bridgehead atoms. The molecule has 3 aromatic carbocycles. The van der Waals surface area contributed by atoms with Gasteiger partial charge in [-0.2, -0.15) is 0 Å². The lowest BCUT2D eigenvalue weighted by molar-refractivity contribution is 0.725. The largest absolute Gasteiger partial charge is 0.0691 e. The molecule has 0 N–H and O–H groups in total. The molecule has 160 valence electrons. The van der Waals surface area contributed by atoms with Crippen molar-refractivity contribution in [3.05, 3.63) is 108 Å². The van der Waals surface area contributed by atoms with E-state index in [9.17, 15) is 0 Å². The SMILES string of the molecule is C[Si](C)(C)[C@@H]1C(c2ccccc2)=C(c2ccccc2)[C@H]([Si](C)(C)C)C1c1ccccc1. The second kappa shape index (κ2) is 8.40. The van der Waals surface area contributed by atoms with Gasteiger partial charge in [0.05, 0.1) is 16.1 Å². The summed E-state index contributed by atoms with van der Waals surface area (Å²) in [7, 11) is -3.09. The van der Waals surface area contributed by atoms with E-state index in [-0.39, 0.29) is 0 Å². The molecule has 2 heteroatoms. The Kier molecular flexibility index (Phi) is 5.98. The summed E-state index contributed by atoms with van der Waals surface area (Å²) < 4.78 is 0. The van der Waals surface area contributed by atoms with Crippen LogP contribution in [0.3, 0.4) is 0 Å². The highest BCUT2D eigenvalue weighted by molar-refractivity contribution is 6.83. The quantitative estimate of drug-likeness (QED) is 0.348. The molecule has 3 atom stereocenters. The maximum Gasteiger partial charge on any atom is 0.0529 e. The highest BCUT2D eigenvalue weighted by atomic mass is 28.3. The first-order valence-electron chi connectivity index (χ1n) is 11.6. The van der Waals surface area contributed by atoms with E-state index in [4.69, 9.17) is 0 Å². The minimum absolute atomic E-state index is 0.560. The highest BCUT2D eigenvalue weighted by Gasteiger charge is 2.52. The van der Waals surface area contributed by atoms with E-state index in [1.54, 1.807) is 11.1 Å². The third-order valence-electron chi connectivity index (χ3n) is 6.85. The molecular weight excluding hydrogens is 404 g/mol. The van der Waals surface area contributed by atoms with Gasteiger partial charge in [0, 0.05) is 0 Å². The minimum atomic E-state index is -1.55. The van der Waals surface area contributed by atoms with E-state index >= 15 is 0 Å². The number of hydrogen-bond acceptors (Lipinski definition) is 0. The van der Waals surface area contributed by atoms with E-state index in [2.05, 4.69) is 130 Å². The monoisotopic (exact) mass is 440 g/mol. The third-order valence-corrected chi connectivity index (χ3v) is 11.9. The van der Waals surface area contributed by atoms with E-state index < -0.39 is 16.1 Å². The predicted molar refractivity (Wildman–Crippen MR) is 143 cm³/mol. The van der Waals surface area contributed by atoms with Gasteiger partial charge in [0.25, 0.3) is 0 Å². The molecule has 1 aliphatic rings. The Hall–Kier alpha value is -2.17. The molecule has 31 heavy (non-hydrogen) atoms. The number of benzene rings is 3. The summed E-state index contributed by atoms with van der Waals surface area (Å²) in [5.74, 6) is 0.560. The van der Waals surface area contributed by atoms with Crippen LogP contribution >= 0.6 is 0 Å². The van der Waals surface area contributed by atoms with Crippen molar-refractivity contribution in [1.82, 2.24) is 0 Å². The Labute approximate surface area is 191 Å². The minimum Gasteiger partial charge on any atom is -0.0691 e. The fraction of sp³-hybridized carbons (Fsp3) is 0.310. The van der Waals surface area contributed by atoms with Crippen LogP contribution in [-0.4, -0.2) is 16.1 Å². The molecule has 0 aromatic heterocycles. The topological polar surface area (TPSA) is 0 Å². The molecule has 0 nitrogen and oxygen atoms in total. The number of allylic oxidation sites excluding steroid dienone is 2. The highest BCUT2D eigenvalue weighted by Crippen LogP contribution is 2.66. The van der Waals surface area contributed by atoms with Crippen molar-refractivity contribution in [2.45, 2.75) is 56.3 Å². The molecule has 0 fully saturated rings. The van der Waals surface area contributed by atoms with Crippen molar-refractivity contribution in [2.75, 3.05) is 0 Å². The average molecular weight is 441 g/mol. The summed E-state index contributed by atoms with van der Waals surface area (Å²) in [6.45, 7) is 15.5. The maximum absolute atomic E-state index is 2.58. The van der Waals surface area contributed by atoms with Gasteiger partial charge in [-0.1, -0.05) is 130 Å².